The second kappa shape index (κ2) is 5.16. The van der Waals surface area contributed by atoms with Crippen LogP contribution in [0.25, 0.3) is 0 Å². The molecule has 0 aliphatic heterocycles. The normalized spacial score (nSPS) is 10.1. The van der Waals surface area contributed by atoms with Crippen LogP contribution in [0.2, 0.25) is 0 Å². The van der Waals surface area contributed by atoms with Gasteiger partial charge in [0.25, 0.3) is 0 Å². The number of ether oxygens (including phenoxy) is 1. The maximum Gasteiger partial charge on any atom is 0.310 e. The molecule has 2 N–H and O–H groups in total. The van der Waals surface area contributed by atoms with Gasteiger partial charge < -0.3 is 10.5 Å². The second-order valence-corrected chi connectivity index (χ2v) is 4.10. The Morgan fingerprint density at radius 2 is 2.20 bits per heavy atom. The first kappa shape index (κ1) is 12.0. The number of benzene rings is 1. The largest absolute Gasteiger partial charge is 0.466 e. The molecule has 82 valence electrons. The summed E-state index contributed by atoms with van der Waals surface area (Å²) >= 11 is 3.36. The third-order valence-corrected chi connectivity index (χ3v) is 2.93. The number of carbonyl (C=O) groups excluding carboxylic acids is 1. The summed E-state index contributed by atoms with van der Waals surface area (Å²) in [6, 6.07) is 3.79. The summed E-state index contributed by atoms with van der Waals surface area (Å²) in [5, 5.41) is 0. The summed E-state index contributed by atoms with van der Waals surface area (Å²) in [5.74, 6) is -0.233. The van der Waals surface area contributed by atoms with Crippen molar-refractivity contribution in [2.75, 3.05) is 12.3 Å². The molecule has 0 aliphatic carbocycles. The zero-order valence-corrected chi connectivity index (χ0v) is 10.4. The molecule has 0 saturated carbocycles. The third kappa shape index (κ3) is 3.23. The van der Waals surface area contributed by atoms with E-state index in [1.807, 2.05) is 19.1 Å². The fourth-order valence-corrected chi connectivity index (χ4v) is 1.74. The van der Waals surface area contributed by atoms with E-state index >= 15 is 0 Å². The predicted molar refractivity (Wildman–Crippen MR) is 63.6 cm³/mol. The number of rotatable bonds is 3. The minimum atomic E-state index is -0.233. The third-order valence-electron chi connectivity index (χ3n) is 1.96. The van der Waals surface area contributed by atoms with Gasteiger partial charge in [0, 0.05) is 10.2 Å². The number of halogens is 1. The van der Waals surface area contributed by atoms with E-state index < -0.39 is 0 Å². The van der Waals surface area contributed by atoms with Crippen molar-refractivity contribution >= 4 is 27.6 Å². The molecular formula is C11H14BrNO2. The minimum Gasteiger partial charge on any atom is -0.466 e. The van der Waals surface area contributed by atoms with Gasteiger partial charge in [0.2, 0.25) is 0 Å². The Labute approximate surface area is 97.7 Å². The van der Waals surface area contributed by atoms with Crippen molar-refractivity contribution in [2.45, 2.75) is 20.3 Å². The molecule has 0 spiro atoms. The van der Waals surface area contributed by atoms with Gasteiger partial charge in [-0.15, -0.1) is 0 Å². The van der Waals surface area contributed by atoms with Crippen molar-refractivity contribution in [1.29, 1.82) is 0 Å². The van der Waals surface area contributed by atoms with Crippen LogP contribution in [0.15, 0.2) is 16.6 Å². The monoisotopic (exact) mass is 271 g/mol. The van der Waals surface area contributed by atoms with Gasteiger partial charge in [0.15, 0.2) is 0 Å². The Morgan fingerprint density at radius 1 is 1.53 bits per heavy atom. The van der Waals surface area contributed by atoms with Crippen LogP contribution >= 0.6 is 15.9 Å². The summed E-state index contributed by atoms with van der Waals surface area (Å²) in [6.07, 6.45) is 0.250. The molecule has 0 radical (unpaired) electrons. The van der Waals surface area contributed by atoms with Crippen LogP contribution in [0.4, 0.5) is 5.69 Å². The zero-order valence-electron chi connectivity index (χ0n) is 8.84. The van der Waals surface area contributed by atoms with E-state index in [-0.39, 0.29) is 12.4 Å². The highest BCUT2D eigenvalue weighted by molar-refractivity contribution is 9.10. The van der Waals surface area contributed by atoms with Gasteiger partial charge in [-0.2, -0.15) is 0 Å². The molecule has 4 heteroatoms. The molecular weight excluding hydrogens is 258 g/mol. The maximum absolute atomic E-state index is 11.3. The molecule has 1 rings (SSSR count). The highest BCUT2D eigenvalue weighted by atomic mass is 79.9. The molecule has 0 amide bonds. The highest BCUT2D eigenvalue weighted by Crippen LogP contribution is 2.26. The van der Waals surface area contributed by atoms with Crippen LogP contribution in [0.1, 0.15) is 18.1 Å². The van der Waals surface area contributed by atoms with Crippen molar-refractivity contribution in [3.63, 3.8) is 0 Å². The van der Waals surface area contributed by atoms with Crippen LogP contribution < -0.4 is 5.73 Å². The van der Waals surface area contributed by atoms with Gasteiger partial charge in [-0.25, -0.2) is 0 Å². The molecule has 0 unspecified atom stereocenters. The number of nitrogens with two attached hydrogens (primary N) is 1. The molecule has 3 nitrogen and oxygen atoms in total. The van der Waals surface area contributed by atoms with E-state index in [1.165, 1.54) is 0 Å². The quantitative estimate of drug-likeness (QED) is 0.679. The first-order chi connectivity index (χ1) is 7.04. The van der Waals surface area contributed by atoms with Crippen LogP contribution in [0.3, 0.4) is 0 Å². The SMILES string of the molecule is CCOC(=O)Cc1cc(C)cc(N)c1Br. The molecule has 1 aromatic rings. The maximum atomic E-state index is 11.3. The summed E-state index contributed by atoms with van der Waals surface area (Å²) in [4.78, 5) is 11.3. The molecule has 1 aromatic carbocycles. The topological polar surface area (TPSA) is 52.3 Å². The lowest BCUT2D eigenvalue weighted by Crippen LogP contribution is -2.08. The number of nitrogen functional groups attached to an aromatic ring is 1. The molecule has 0 atom stereocenters. The Hall–Kier alpha value is -1.03. The molecule has 0 bridgehead atoms. The van der Waals surface area contributed by atoms with E-state index in [2.05, 4.69) is 15.9 Å². The van der Waals surface area contributed by atoms with E-state index in [0.717, 1.165) is 15.6 Å². The van der Waals surface area contributed by atoms with Crippen LogP contribution in [0.5, 0.6) is 0 Å². The van der Waals surface area contributed by atoms with Crippen LogP contribution in [-0.4, -0.2) is 12.6 Å². The first-order valence-corrected chi connectivity index (χ1v) is 5.54. The van der Waals surface area contributed by atoms with Crippen molar-refractivity contribution in [2.24, 2.45) is 0 Å². The van der Waals surface area contributed by atoms with E-state index in [4.69, 9.17) is 10.5 Å². The second-order valence-electron chi connectivity index (χ2n) is 3.31. The summed E-state index contributed by atoms with van der Waals surface area (Å²) < 4.78 is 5.66. The number of hydrogen-bond acceptors (Lipinski definition) is 3. The van der Waals surface area contributed by atoms with Gasteiger partial charge in [-0.05, 0) is 47.0 Å². The standard InChI is InChI=1S/C11H14BrNO2/c1-3-15-10(14)6-8-4-7(2)5-9(13)11(8)12/h4-5H,3,6,13H2,1-2H3. The van der Waals surface area contributed by atoms with Gasteiger partial charge in [0.1, 0.15) is 0 Å². The van der Waals surface area contributed by atoms with Crippen LogP contribution in [0, 0.1) is 6.92 Å². The Kier molecular flexibility index (Phi) is 4.15. The van der Waals surface area contributed by atoms with Gasteiger partial charge in [-0.1, -0.05) is 6.07 Å². The fraction of sp³-hybridized carbons (Fsp3) is 0.364. The molecule has 0 heterocycles. The number of hydrogen-bond donors (Lipinski definition) is 1. The van der Waals surface area contributed by atoms with E-state index in [1.54, 1.807) is 6.92 Å². The number of aryl methyl sites for hydroxylation is 1. The van der Waals surface area contributed by atoms with Crippen molar-refractivity contribution in [1.82, 2.24) is 0 Å². The van der Waals surface area contributed by atoms with E-state index in [9.17, 15) is 4.79 Å². The smallest absolute Gasteiger partial charge is 0.310 e. The molecule has 0 saturated heterocycles. The summed E-state index contributed by atoms with van der Waals surface area (Å²) in [7, 11) is 0. The number of carbonyl (C=O) groups is 1. The van der Waals surface area contributed by atoms with Gasteiger partial charge in [0.05, 0.1) is 13.0 Å². The summed E-state index contributed by atoms with van der Waals surface area (Å²) in [5.41, 5.74) is 8.32. The highest BCUT2D eigenvalue weighted by Gasteiger charge is 2.10. The molecule has 0 aromatic heterocycles. The Bertz CT molecular complexity index is 377. The molecule has 15 heavy (non-hydrogen) atoms. The lowest BCUT2D eigenvalue weighted by Gasteiger charge is -2.08. The van der Waals surface area contributed by atoms with Crippen molar-refractivity contribution in [3.8, 4) is 0 Å². The van der Waals surface area contributed by atoms with Gasteiger partial charge in [-0.3, -0.25) is 4.79 Å². The minimum absolute atomic E-state index is 0.233. The van der Waals surface area contributed by atoms with Crippen molar-refractivity contribution < 1.29 is 9.53 Å². The average Bonchev–Trinajstić information content (AvgIpc) is 2.13. The Morgan fingerprint density at radius 3 is 2.80 bits per heavy atom. The van der Waals surface area contributed by atoms with Gasteiger partial charge >= 0.3 is 5.97 Å². The first-order valence-electron chi connectivity index (χ1n) is 4.74. The van der Waals surface area contributed by atoms with Crippen LogP contribution in [-0.2, 0) is 16.0 Å². The fourth-order valence-electron chi connectivity index (χ4n) is 1.37. The summed E-state index contributed by atoms with van der Waals surface area (Å²) in [6.45, 7) is 4.13. The van der Waals surface area contributed by atoms with Crippen molar-refractivity contribution in [3.05, 3.63) is 27.7 Å². The van der Waals surface area contributed by atoms with E-state index in [0.29, 0.717) is 12.3 Å². The molecule has 0 aliphatic rings. The number of esters is 1. The predicted octanol–water partition coefficient (Wildman–Crippen LogP) is 2.45. The average molecular weight is 272 g/mol. The lowest BCUT2D eigenvalue weighted by atomic mass is 10.1. The number of anilines is 1. The Balaban J connectivity index is 2.89. The lowest BCUT2D eigenvalue weighted by molar-refractivity contribution is -0.142. The molecule has 0 fully saturated rings. The zero-order chi connectivity index (χ0) is 11.4.